The third-order valence-electron chi connectivity index (χ3n) is 5.77. The van der Waals surface area contributed by atoms with Crippen LogP contribution in [0.25, 0.3) is 27.1 Å². The fraction of sp³-hybridized carbons (Fsp3) is 0.120. The second kappa shape index (κ2) is 6.31. The van der Waals surface area contributed by atoms with E-state index < -0.39 is 0 Å². The molecule has 0 saturated carbocycles. The van der Waals surface area contributed by atoms with Gasteiger partial charge in [-0.2, -0.15) is 0 Å². The van der Waals surface area contributed by atoms with Gasteiger partial charge in [0, 0.05) is 0 Å². The molecule has 0 fully saturated rings. The van der Waals surface area contributed by atoms with Crippen LogP contribution in [0.5, 0.6) is 0 Å². The Morgan fingerprint density at radius 2 is 1.46 bits per heavy atom. The zero-order valence-electron chi connectivity index (χ0n) is 15.6. The Balaban J connectivity index is 1.97. The highest BCUT2D eigenvalue weighted by atomic mass is 16.6. The number of fused-ring (bicyclic) bond motifs is 4. The second-order valence-electron chi connectivity index (χ2n) is 7.47. The molecule has 28 heavy (non-hydrogen) atoms. The summed E-state index contributed by atoms with van der Waals surface area (Å²) >= 11 is 0. The minimum absolute atomic E-state index is 0.134. The van der Waals surface area contributed by atoms with Gasteiger partial charge in [-0.15, -0.1) is 0 Å². The maximum Gasteiger partial charge on any atom is 0.257 e. The fourth-order valence-corrected chi connectivity index (χ4v) is 4.57. The molecule has 4 aromatic rings. The number of nitro groups is 1. The van der Waals surface area contributed by atoms with Crippen molar-refractivity contribution in [2.24, 2.45) is 5.92 Å². The third-order valence-corrected chi connectivity index (χ3v) is 5.77. The Kier molecular flexibility index (Phi) is 3.76. The van der Waals surface area contributed by atoms with Crippen molar-refractivity contribution in [2.45, 2.75) is 13.3 Å². The monoisotopic (exact) mass is 365 g/mol. The Morgan fingerprint density at radius 1 is 0.821 bits per heavy atom. The van der Waals surface area contributed by atoms with E-state index in [9.17, 15) is 10.1 Å². The normalized spacial score (nSPS) is 16.4. The molecule has 1 aliphatic carbocycles. The number of hydrogen-bond acceptors (Lipinski definition) is 2. The van der Waals surface area contributed by atoms with Crippen molar-refractivity contribution in [1.29, 1.82) is 0 Å². The molecule has 1 unspecified atom stereocenters. The number of allylic oxidation sites excluding steroid dienone is 1. The highest BCUT2D eigenvalue weighted by molar-refractivity contribution is 6.13. The van der Waals surface area contributed by atoms with E-state index in [1.807, 2.05) is 49.4 Å². The highest BCUT2D eigenvalue weighted by Gasteiger charge is 2.34. The summed E-state index contributed by atoms with van der Waals surface area (Å²) in [5.74, 6) is -0.134. The molecule has 1 aliphatic rings. The van der Waals surface area contributed by atoms with Crippen molar-refractivity contribution in [1.82, 2.24) is 0 Å². The summed E-state index contributed by atoms with van der Waals surface area (Å²) in [6.07, 6.45) is 0.696. The summed E-state index contributed by atoms with van der Waals surface area (Å²) in [5.41, 5.74) is 4.18. The van der Waals surface area contributed by atoms with E-state index in [0.29, 0.717) is 12.1 Å². The van der Waals surface area contributed by atoms with Crippen LogP contribution < -0.4 is 0 Å². The molecule has 0 amide bonds. The smallest absolute Gasteiger partial charge is 0.257 e. The summed E-state index contributed by atoms with van der Waals surface area (Å²) in [7, 11) is 0. The zero-order chi connectivity index (χ0) is 19.3. The van der Waals surface area contributed by atoms with Crippen molar-refractivity contribution in [3.63, 3.8) is 0 Å². The molecular formula is C25H19NO2. The Morgan fingerprint density at radius 3 is 2.25 bits per heavy atom. The summed E-state index contributed by atoms with van der Waals surface area (Å²) in [5, 5.41) is 16.6. The molecule has 1 atom stereocenters. The van der Waals surface area contributed by atoms with Crippen LogP contribution in [-0.4, -0.2) is 4.92 Å². The van der Waals surface area contributed by atoms with Crippen molar-refractivity contribution < 1.29 is 4.92 Å². The molecule has 5 rings (SSSR count). The first kappa shape index (κ1) is 16.7. The van der Waals surface area contributed by atoms with Crippen molar-refractivity contribution in [3.05, 3.63) is 111 Å². The fourth-order valence-electron chi connectivity index (χ4n) is 4.57. The number of benzene rings is 4. The van der Waals surface area contributed by atoms with Crippen LogP contribution in [0.3, 0.4) is 0 Å². The van der Waals surface area contributed by atoms with Crippen molar-refractivity contribution in [3.8, 4) is 0 Å². The van der Waals surface area contributed by atoms with Gasteiger partial charge in [0.25, 0.3) is 5.70 Å². The highest BCUT2D eigenvalue weighted by Crippen LogP contribution is 2.42. The van der Waals surface area contributed by atoms with Gasteiger partial charge in [0.2, 0.25) is 0 Å². The summed E-state index contributed by atoms with van der Waals surface area (Å²) in [6.45, 7) is 1.96. The lowest BCUT2D eigenvalue weighted by Crippen LogP contribution is -2.20. The third kappa shape index (κ3) is 2.43. The Labute approximate surface area is 163 Å². The minimum atomic E-state index is -0.181. The Hall–Kier alpha value is -3.46. The van der Waals surface area contributed by atoms with Gasteiger partial charge in [-0.05, 0) is 50.7 Å². The van der Waals surface area contributed by atoms with Crippen LogP contribution in [-0.2, 0) is 6.42 Å². The van der Waals surface area contributed by atoms with Gasteiger partial charge in [0.1, 0.15) is 0 Å². The van der Waals surface area contributed by atoms with Crippen molar-refractivity contribution >= 4 is 27.1 Å². The van der Waals surface area contributed by atoms with Gasteiger partial charge in [-0.1, -0.05) is 79.7 Å². The van der Waals surface area contributed by atoms with E-state index in [1.165, 1.54) is 10.9 Å². The predicted octanol–water partition coefficient (Wildman–Crippen LogP) is 6.22. The average Bonchev–Trinajstić information content (AvgIpc) is 2.72. The molecule has 0 radical (unpaired) electrons. The molecule has 0 bridgehead atoms. The van der Waals surface area contributed by atoms with E-state index in [2.05, 4.69) is 36.4 Å². The largest absolute Gasteiger partial charge is 0.259 e. The second-order valence-corrected chi connectivity index (χ2v) is 7.47. The lowest BCUT2D eigenvalue weighted by atomic mass is 9.78. The predicted molar refractivity (Wildman–Crippen MR) is 114 cm³/mol. The van der Waals surface area contributed by atoms with Gasteiger partial charge >= 0.3 is 0 Å². The molecule has 0 spiro atoms. The van der Waals surface area contributed by atoms with Gasteiger partial charge in [0.15, 0.2) is 0 Å². The van der Waals surface area contributed by atoms with Crippen molar-refractivity contribution in [2.75, 3.05) is 0 Å². The summed E-state index contributed by atoms with van der Waals surface area (Å²) in [6, 6.07) is 26.7. The van der Waals surface area contributed by atoms with E-state index in [4.69, 9.17) is 0 Å². The Bertz CT molecular complexity index is 1290. The molecule has 0 saturated heterocycles. The summed E-state index contributed by atoms with van der Waals surface area (Å²) < 4.78 is 0. The SMILES string of the molecule is CC1Cc2ccccc2C(c2cc3ccccc3c3ccccc23)=C1[N+](=O)[O-]. The molecule has 4 aromatic carbocycles. The van der Waals surface area contributed by atoms with Crippen LogP contribution in [0.1, 0.15) is 23.6 Å². The lowest BCUT2D eigenvalue weighted by Gasteiger charge is -2.24. The van der Waals surface area contributed by atoms with Gasteiger partial charge in [-0.25, -0.2) is 0 Å². The number of hydrogen-bond donors (Lipinski definition) is 0. The quantitative estimate of drug-likeness (QED) is 0.240. The first-order chi connectivity index (χ1) is 13.6. The molecular weight excluding hydrogens is 346 g/mol. The molecule has 0 aromatic heterocycles. The van der Waals surface area contributed by atoms with Gasteiger partial charge in [-0.3, -0.25) is 10.1 Å². The van der Waals surface area contributed by atoms with Crippen LogP contribution in [0.4, 0.5) is 0 Å². The molecule has 0 N–H and O–H groups in total. The first-order valence-corrected chi connectivity index (χ1v) is 9.53. The molecule has 0 aliphatic heterocycles. The summed E-state index contributed by atoms with van der Waals surface area (Å²) in [4.78, 5) is 11.9. The molecule has 3 nitrogen and oxygen atoms in total. The van der Waals surface area contributed by atoms with E-state index in [0.717, 1.165) is 32.9 Å². The number of rotatable bonds is 2. The van der Waals surface area contributed by atoms with E-state index in [-0.39, 0.29) is 10.8 Å². The van der Waals surface area contributed by atoms with Crippen LogP contribution in [0.2, 0.25) is 0 Å². The van der Waals surface area contributed by atoms with Crippen LogP contribution in [0, 0.1) is 16.0 Å². The molecule has 3 heteroatoms. The number of nitrogens with zero attached hydrogens (tertiary/aromatic N) is 1. The van der Waals surface area contributed by atoms with Gasteiger partial charge in [0.05, 0.1) is 16.4 Å². The lowest BCUT2D eigenvalue weighted by molar-refractivity contribution is -0.432. The molecule has 0 heterocycles. The average molecular weight is 365 g/mol. The van der Waals surface area contributed by atoms with E-state index >= 15 is 0 Å². The maximum atomic E-state index is 12.1. The first-order valence-electron chi connectivity index (χ1n) is 9.53. The van der Waals surface area contributed by atoms with Crippen LogP contribution >= 0.6 is 0 Å². The minimum Gasteiger partial charge on any atom is -0.259 e. The molecule has 136 valence electrons. The van der Waals surface area contributed by atoms with Crippen LogP contribution in [0.15, 0.2) is 84.6 Å². The zero-order valence-corrected chi connectivity index (χ0v) is 15.6. The standard InChI is InChI=1S/C25H19NO2/c1-16-14-17-8-3-5-11-20(17)24(25(16)26(27)28)23-15-18-9-2-4-10-19(18)21-12-6-7-13-22(21)23/h2-13,15-16H,14H2,1H3. The van der Waals surface area contributed by atoms with E-state index in [1.54, 1.807) is 0 Å². The topological polar surface area (TPSA) is 43.1 Å². The van der Waals surface area contributed by atoms with Gasteiger partial charge < -0.3 is 0 Å². The maximum absolute atomic E-state index is 12.1.